The van der Waals surface area contributed by atoms with E-state index >= 15 is 0 Å². The van der Waals surface area contributed by atoms with Gasteiger partial charge in [0.15, 0.2) is 0 Å². The van der Waals surface area contributed by atoms with Crippen LogP contribution in [0.25, 0.3) is 0 Å². The molecule has 0 aliphatic carbocycles. The molecule has 0 saturated carbocycles. The predicted octanol–water partition coefficient (Wildman–Crippen LogP) is 3.07. The van der Waals surface area contributed by atoms with Gasteiger partial charge in [-0.2, -0.15) is 0 Å². The van der Waals surface area contributed by atoms with Gasteiger partial charge in [0, 0.05) is 6.61 Å². The standard InChI is InChI=1S/C12H12Cl2O3/c13-10-2-1-8(5-11(10)14)6-17-12(15)9-3-4-16-7-9/h1-2,5,9H,3-4,6-7H2. The summed E-state index contributed by atoms with van der Waals surface area (Å²) in [6.45, 7) is 1.30. The van der Waals surface area contributed by atoms with E-state index in [9.17, 15) is 4.79 Å². The number of benzene rings is 1. The fraction of sp³-hybridized carbons (Fsp3) is 0.417. The Morgan fingerprint density at radius 2 is 2.24 bits per heavy atom. The third-order valence-electron chi connectivity index (χ3n) is 2.63. The summed E-state index contributed by atoms with van der Waals surface area (Å²) in [7, 11) is 0. The van der Waals surface area contributed by atoms with E-state index in [-0.39, 0.29) is 18.5 Å². The van der Waals surface area contributed by atoms with Gasteiger partial charge >= 0.3 is 5.97 Å². The predicted molar refractivity (Wildman–Crippen MR) is 65.2 cm³/mol. The summed E-state index contributed by atoms with van der Waals surface area (Å²) in [4.78, 5) is 11.6. The molecular weight excluding hydrogens is 263 g/mol. The summed E-state index contributed by atoms with van der Waals surface area (Å²) < 4.78 is 10.3. The lowest BCUT2D eigenvalue weighted by atomic mass is 10.1. The Bertz CT molecular complexity index is 414. The van der Waals surface area contributed by atoms with Gasteiger partial charge in [0.25, 0.3) is 0 Å². The van der Waals surface area contributed by atoms with Crippen molar-refractivity contribution in [2.75, 3.05) is 13.2 Å². The van der Waals surface area contributed by atoms with Crippen LogP contribution in [0.1, 0.15) is 12.0 Å². The lowest BCUT2D eigenvalue weighted by Crippen LogP contribution is -2.17. The van der Waals surface area contributed by atoms with Gasteiger partial charge in [-0.3, -0.25) is 4.79 Å². The van der Waals surface area contributed by atoms with E-state index in [1.54, 1.807) is 18.2 Å². The summed E-state index contributed by atoms with van der Waals surface area (Å²) in [6, 6.07) is 5.17. The molecule has 0 amide bonds. The second-order valence-corrected chi connectivity index (χ2v) is 4.73. The van der Waals surface area contributed by atoms with Crippen LogP contribution in [0, 0.1) is 5.92 Å². The third kappa shape index (κ3) is 3.35. The summed E-state index contributed by atoms with van der Waals surface area (Å²) in [6.07, 6.45) is 0.736. The molecule has 1 aliphatic rings. The van der Waals surface area contributed by atoms with Crippen molar-refractivity contribution in [2.24, 2.45) is 5.92 Å². The van der Waals surface area contributed by atoms with Gasteiger partial charge in [0.2, 0.25) is 0 Å². The maximum absolute atomic E-state index is 11.6. The molecular formula is C12H12Cl2O3. The van der Waals surface area contributed by atoms with Gasteiger partial charge < -0.3 is 9.47 Å². The molecule has 1 heterocycles. The van der Waals surface area contributed by atoms with Crippen molar-refractivity contribution in [3.8, 4) is 0 Å². The van der Waals surface area contributed by atoms with E-state index in [4.69, 9.17) is 32.7 Å². The van der Waals surface area contributed by atoms with Crippen LogP contribution in [0.4, 0.5) is 0 Å². The molecule has 0 radical (unpaired) electrons. The molecule has 0 aromatic heterocycles. The summed E-state index contributed by atoms with van der Waals surface area (Å²) in [5.41, 5.74) is 0.826. The Morgan fingerprint density at radius 3 is 2.88 bits per heavy atom. The van der Waals surface area contributed by atoms with Gasteiger partial charge in [-0.25, -0.2) is 0 Å². The minimum Gasteiger partial charge on any atom is -0.461 e. The highest BCUT2D eigenvalue weighted by Crippen LogP contribution is 2.23. The number of carbonyl (C=O) groups is 1. The molecule has 3 nitrogen and oxygen atoms in total. The number of ether oxygens (including phenoxy) is 2. The number of hydrogen-bond acceptors (Lipinski definition) is 3. The van der Waals surface area contributed by atoms with Crippen molar-refractivity contribution in [3.05, 3.63) is 33.8 Å². The minimum absolute atomic E-state index is 0.127. The van der Waals surface area contributed by atoms with Crippen LogP contribution in [0.5, 0.6) is 0 Å². The molecule has 2 rings (SSSR count). The number of esters is 1. The maximum atomic E-state index is 11.6. The normalized spacial score (nSPS) is 19.3. The van der Waals surface area contributed by atoms with Crippen molar-refractivity contribution in [1.82, 2.24) is 0 Å². The average Bonchev–Trinajstić information content (AvgIpc) is 2.84. The number of halogens is 2. The molecule has 1 aliphatic heterocycles. The maximum Gasteiger partial charge on any atom is 0.311 e. The van der Waals surface area contributed by atoms with Crippen LogP contribution >= 0.6 is 23.2 Å². The minimum atomic E-state index is -0.214. The largest absolute Gasteiger partial charge is 0.461 e. The fourth-order valence-corrected chi connectivity index (χ4v) is 1.94. The van der Waals surface area contributed by atoms with E-state index < -0.39 is 0 Å². The Morgan fingerprint density at radius 1 is 1.41 bits per heavy atom. The molecule has 1 aromatic carbocycles. The van der Waals surface area contributed by atoms with Gasteiger partial charge in [0.05, 0.1) is 22.6 Å². The van der Waals surface area contributed by atoms with Gasteiger partial charge in [-0.15, -0.1) is 0 Å². The molecule has 0 spiro atoms. The molecule has 0 N–H and O–H groups in total. The van der Waals surface area contributed by atoms with Crippen molar-refractivity contribution in [3.63, 3.8) is 0 Å². The second kappa shape index (κ2) is 5.71. The molecule has 17 heavy (non-hydrogen) atoms. The van der Waals surface area contributed by atoms with Crippen molar-refractivity contribution < 1.29 is 14.3 Å². The number of carbonyl (C=O) groups excluding carboxylic acids is 1. The first-order valence-corrected chi connectivity index (χ1v) is 6.10. The van der Waals surface area contributed by atoms with Crippen molar-refractivity contribution in [2.45, 2.75) is 13.0 Å². The molecule has 1 saturated heterocycles. The zero-order chi connectivity index (χ0) is 12.3. The van der Waals surface area contributed by atoms with Crippen LogP contribution in [-0.4, -0.2) is 19.2 Å². The highest BCUT2D eigenvalue weighted by molar-refractivity contribution is 6.42. The van der Waals surface area contributed by atoms with E-state index in [1.807, 2.05) is 0 Å². The Hall–Kier alpha value is -0.770. The van der Waals surface area contributed by atoms with Gasteiger partial charge in [-0.05, 0) is 24.1 Å². The van der Waals surface area contributed by atoms with E-state index in [2.05, 4.69) is 0 Å². The van der Waals surface area contributed by atoms with Crippen LogP contribution in [-0.2, 0) is 20.9 Å². The first-order chi connectivity index (χ1) is 8.16. The zero-order valence-electron chi connectivity index (χ0n) is 9.12. The monoisotopic (exact) mass is 274 g/mol. The first-order valence-electron chi connectivity index (χ1n) is 5.35. The smallest absolute Gasteiger partial charge is 0.311 e. The highest BCUT2D eigenvalue weighted by atomic mass is 35.5. The van der Waals surface area contributed by atoms with Crippen molar-refractivity contribution in [1.29, 1.82) is 0 Å². The quantitative estimate of drug-likeness (QED) is 0.795. The van der Waals surface area contributed by atoms with Gasteiger partial charge in [0.1, 0.15) is 6.61 Å². The van der Waals surface area contributed by atoms with E-state index in [0.29, 0.717) is 23.3 Å². The average molecular weight is 275 g/mol. The summed E-state index contributed by atoms with van der Waals surface area (Å²) in [5.74, 6) is -0.341. The molecule has 1 aromatic rings. The lowest BCUT2D eigenvalue weighted by Gasteiger charge is -2.09. The Kier molecular flexibility index (Phi) is 4.26. The number of hydrogen-bond donors (Lipinski definition) is 0. The number of rotatable bonds is 3. The topological polar surface area (TPSA) is 35.5 Å². The second-order valence-electron chi connectivity index (χ2n) is 3.92. The summed E-state index contributed by atoms with van der Waals surface area (Å²) in [5, 5.41) is 0.954. The Labute approximate surface area is 110 Å². The SMILES string of the molecule is O=C(OCc1ccc(Cl)c(Cl)c1)C1CCOC1. The van der Waals surface area contributed by atoms with Crippen LogP contribution in [0.15, 0.2) is 18.2 Å². The van der Waals surface area contributed by atoms with Crippen LogP contribution in [0.3, 0.4) is 0 Å². The Balaban J connectivity index is 1.88. The molecule has 1 atom stereocenters. The van der Waals surface area contributed by atoms with Crippen molar-refractivity contribution >= 4 is 29.2 Å². The zero-order valence-corrected chi connectivity index (χ0v) is 10.6. The van der Waals surface area contributed by atoms with Gasteiger partial charge in [-0.1, -0.05) is 29.3 Å². The summed E-state index contributed by atoms with van der Waals surface area (Å²) >= 11 is 11.7. The van der Waals surface area contributed by atoms with E-state index in [1.165, 1.54) is 0 Å². The third-order valence-corrected chi connectivity index (χ3v) is 3.37. The molecule has 0 bridgehead atoms. The highest BCUT2D eigenvalue weighted by Gasteiger charge is 2.24. The van der Waals surface area contributed by atoms with Crippen LogP contribution < -0.4 is 0 Å². The first kappa shape index (κ1) is 12.7. The molecule has 1 fully saturated rings. The molecule has 92 valence electrons. The molecule has 1 unspecified atom stereocenters. The van der Waals surface area contributed by atoms with Crippen LogP contribution in [0.2, 0.25) is 10.0 Å². The van der Waals surface area contributed by atoms with E-state index in [0.717, 1.165) is 12.0 Å². The fourth-order valence-electron chi connectivity index (χ4n) is 1.62. The molecule has 5 heteroatoms. The lowest BCUT2D eigenvalue weighted by molar-refractivity contribution is -0.149.